The van der Waals surface area contributed by atoms with Gasteiger partial charge in [-0.1, -0.05) is 12.2 Å². The Bertz CT molecular complexity index is 666. The van der Waals surface area contributed by atoms with E-state index in [0.29, 0.717) is 30.9 Å². The molecule has 0 amide bonds. The number of nitrogens with zero attached hydrogens (tertiary/aromatic N) is 1. The average molecular weight is 287 g/mol. The van der Waals surface area contributed by atoms with Crippen molar-refractivity contribution in [2.75, 3.05) is 13.7 Å². The maximum Gasteiger partial charge on any atom is 0.182 e. The van der Waals surface area contributed by atoms with E-state index in [9.17, 15) is 10.3 Å². The van der Waals surface area contributed by atoms with Crippen LogP contribution in [0.2, 0.25) is 0 Å². The minimum Gasteiger partial charge on any atom is -0.624 e. The summed E-state index contributed by atoms with van der Waals surface area (Å²) in [6.45, 7) is 0.413. The highest BCUT2D eigenvalue weighted by Gasteiger charge is 2.53. The zero-order chi connectivity index (χ0) is 14.6. The Kier molecular flexibility index (Phi) is 2.57. The fourth-order valence-electron chi connectivity index (χ4n) is 3.77. The van der Waals surface area contributed by atoms with Crippen LogP contribution in [0.15, 0.2) is 24.3 Å². The summed E-state index contributed by atoms with van der Waals surface area (Å²) in [6.07, 6.45) is 6.02. The fourth-order valence-corrected chi connectivity index (χ4v) is 3.77. The van der Waals surface area contributed by atoms with Gasteiger partial charge in [-0.15, -0.1) is 0 Å². The number of methoxy groups -OCH3 is 1. The molecular formula is C16H17NO4. The number of benzene rings is 1. The molecule has 1 N–H and O–H groups in total. The number of ether oxygens (including phenoxy) is 2. The Labute approximate surface area is 122 Å². The number of aliphatic hydroxyl groups is 1. The van der Waals surface area contributed by atoms with E-state index in [1.807, 2.05) is 24.3 Å². The van der Waals surface area contributed by atoms with Crippen molar-refractivity contribution in [2.45, 2.75) is 30.5 Å². The number of hydroxylamine groups is 1. The lowest BCUT2D eigenvalue weighted by Gasteiger charge is -2.34. The van der Waals surface area contributed by atoms with Crippen molar-refractivity contribution in [3.8, 4) is 11.5 Å². The highest BCUT2D eigenvalue weighted by Crippen LogP contribution is 2.54. The van der Waals surface area contributed by atoms with Crippen molar-refractivity contribution in [1.82, 2.24) is 0 Å². The van der Waals surface area contributed by atoms with Crippen molar-refractivity contribution >= 4 is 6.21 Å². The summed E-state index contributed by atoms with van der Waals surface area (Å²) in [4.78, 5) is 0. The van der Waals surface area contributed by atoms with Crippen LogP contribution >= 0.6 is 0 Å². The Morgan fingerprint density at radius 1 is 1.48 bits per heavy atom. The van der Waals surface area contributed by atoms with Gasteiger partial charge in [0.15, 0.2) is 24.3 Å². The molecule has 2 heterocycles. The minimum atomic E-state index is -0.500. The third-order valence-electron chi connectivity index (χ3n) is 4.77. The Morgan fingerprint density at radius 2 is 2.33 bits per heavy atom. The molecule has 2 aliphatic heterocycles. The van der Waals surface area contributed by atoms with E-state index in [1.54, 1.807) is 13.3 Å². The SMILES string of the molecule is COc1ccc2c3c1O[C@H]1C[C@@H](O)C=C[C@@]31CC[N+]([O-])=C2. The Balaban J connectivity index is 1.99. The van der Waals surface area contributed by atoms with Crippen molar-refractivity contribution in [3.05, 3.63) is 40.6 Å². The maximum absolute atomic E-state index is 11.9. The van der Waals surface area contributed by atoms with Crippen molar-refractivity contribution < 1.29 is 19.3 Å². The van der Waals surface area contributed by atoms with Crippen LogP contribution in [0.1, 0.15) is 24.0 Å². The quantitative estimate of drug-likeness (QED) is 0.481. The number of aliphatic hydroxyl groups excluding tert-OH is 1. The topological polar surface area (TPSA) is 64.8 Å². The van der Waals surface area contributed by atoms with Crippen molar-refractivity contribution in [2.24, 2.45) is 0 Å². The van der Waals surface area contributed by atoms with Gasteiger partial charge in [0.05, 0.1) is 18.6 Å². The van der Waals surface area contributed by atoms with Crippen LogP contribution in [0.4, 0.5) is 0 Å². The van der Waals surface area contributed by atoms with Gasteiger partial charge in [-0.3, -0.25) is 0 Å². The molecule has 5 nitrogen and oxygen atoms in total. The molecule has 21 heavy (non-hydrogen) atoms. The minimum absolute atomic E-state index is 0.151. The van der Waals surface area contributed by atoms with E-state index >= 15 is 0 Å². The number of hydrogen-bond donors (Lipinski definition) is 1. The second-order valence-electron chi connectivity index (χ2n) is 5.89. The monoisotopic (exact) mass is 287 g/mol. The van der Waals surface area contributed by atoms with Gasteiger partial charge in [0.2, 0.25) is 0 Å². The third kappa shape index (κ3) is 1.64. The molecule has 0 unspecified atom stereocenters. The molecule has 0 fully saturated rings. The summed E-state index contributed by atoms with van der Waals surface area (Å²) in [7, 11) is 1.61. The standard InChI is InChI=1S/C16H17NO4/c1-20-12-3-2-10-9-17(19)7-6-16-5-4-11(18)8-13(16)21-15(12)14(10)16/h2-5,9,11,13,18H,6-8H2,1H3/t11-,13-,16-/m0/s1. The van der Waals surface area contributed by atoms with Gasteiger partial charge in [0, 0.05) is 24.0 Å². The normalized spacial score (nSPS) is 32.6. The van der Waals surface area contributed by atoms with E-state index < -0.39 is 6.10 Å². The molecule has 3 aliphatic rings. The van der Waals surface area contributed by atoms with Crippen LogP contribution in [0, 0.1) is 5.21 Å². The molecule has 0 radical (unpaired) electrons. The van der Waals surface area contributed by atoms with Gasteiger partial charge < -0.3 is 19.8 Å². The molecule has 5 heteroatoms. The smallest absolute Gasteiger partial charge is 0.182 e. The van der Waals surface area contributed by atoms with Gasteiger partial charge in [0.25, 0.3) is 0 Å². The highest BCUT2D eigenvalue weighted by atomic mass is 16.5. The summed E-state index contributed by atoms with van der Waals surface area (Å²) in [5.74, 6) is 1.39. The first-order valence-corrected chi connectivity index (χ1v) is 7.18. The lowest BCUT2D eigenvalue weighted by atomic mass is 9.69. The first kappa shape index (κ1) is 12.7. The van der Waals surface area contributed by atoms with Crippen LogP contribution in [0.5, 0.6) is 11.5 Å². The lowest BCUT2D eigenvalue weighted by molar-refractivity contribution is -0.453. The van der Waals surface area contributed by atoms with Gasteiger partial charge >= 0.3 is 0 Å². The number of rotatable bonds is 1. The third-order valence-corrected chi connectivity index (χ3v) is 4.77. The maximum atomic E-state index is 11.9. The molecule has 4 rings (SSSR count). The zero-order valence-electron chi connectivity index (χ0n) is 11.8. The fraction of sp³-hybridized carbons (Fsp3) is 0.438. The predicted molar refractivity (Wildman–Crippen MR) is 77.1 cm³/mol. The lowest BCUT2D eigenvalue weighted by Crippen LogP contribution is -2.42. The molecule has 0 bridgehead atoms. The molecule has 1 aromatic carbocycles. The first-order chi connectivity index (χ1) is 10.1. The highest BCUT2D eigenvalue weighted by molar-refractivity contribution is 5.83. The summed E-state index contributed by atoms with van der Waals surface area (Å²) in [5, 5.41) is 21.8. The number of hydrogen-bond acceptors (Lipinski definition) is 4. The molecule has 3 atom stereocenters. The van der Waals surface area contributed by atoms with Gasteiger partial charge in [0.1, 0.15) is 6.10 Å². The predicted octanol–water partition coefficient (Wildman–Crippen LogP) is 1.35. The van der Waals surface area contributed by atoms with E-state index in [0.717, 1.165) is 15.9 Å². The van der Waals surface area contributed by atoms with Gasteiger partial charge in [-0.25, -0.2) is 4.74 Å². The largest absolute Gasteiger partial charge is 0.624 e. The molecule has 1 aliphatic carbocycles. The Morgan fingerprint density at radius 3 is 3.14 bits per heavy atom. The van der Waals surface area contributed by atoms with E-state index in [4.69, 9.17) is 9.47 Å². The molecule has 1 aromatic rings. The first-order valence-electron chi connectivity index (χ1n) is 7.18. The van der Waals surface area contributed by atoms with Crippen LogP contribution in [0.3, 0.4) is 0 Å². The summed E-state index contributed by atoms with van der Waals surface area (Å²) in [6, 6.07) is 3.73. The molecular weight excluding hydrogens is 270 g/mol. The van der Waals surface area contributed by atoms with Crippen molar-refractivity contribution in [3.63, 3.8) is 0 Å². The molecule has 0 saturated carbocycles. The van der Waals surface area contributed by atoms with Crippen LogP contribution < -0.4 is 9.47 Å². The molecule has 1 spiro atoms. The van der Waals surface area contributed by atoms with Gasteiger partial charge in [-0.05, 0) is 12.1 Å². The second kappa shape index (κ2) is 4.24. The molecule has 0 aromatic heterocycles. The van der Waals surface area contributed by atoms with Crippen LogP contribution in [-0.4, -0.2) is 41.9 Å². The van der Waals surface area contributed by atoms with E-state index in [2.05, 4.69) is 0 Å². The van der Waals surface area contributed by atoms with Crippen LogP contribution in [0.25, 0.3) is 0 Å². The average Bonchev–Trinajstić information content (AvgIpc) is 2.72. The van der Waals surface area contributed by atoms with Crippen LogP contribution in [-0.2, 0) is 5.41 Å². The summed E-state index contributed by atoms with van der Waals surface area (Å²) in [5.41, 5.74) is 1.56. The zero-order valence-corrected chi connectivity index (χ0v) is 11.8. The van der Waals surface area contributed by atoms with Crippen molar-refractivity contribution in [1.29, 1.82) is 0 Å². The van der Waals surface area contributed by atoms with E-state index in [-0.39, 0.29) is 11.5 Å². The van der Waals surface area contributed by atoms with Gasteiger partial charge in [-0.2, -0.15) is 0 Å². The molecule has 110 valence electrons. The summed E-state index contributed by atoms with van der Waals surface area (Å²) >= 11 is 0. The Hall–Kier alpha value is -2.01. The second-order valence-corrected chi connectivity index (χ2v) is 5.89. The molecule has 0 saturated heterocycles. The summed E-state index contributed by atoms with van der Waals surface area (Å²) < 4.78 is 12.5. The van der Waals surface area contributed by atoms with E-state index in [1.165, 1.54) is 0 Å².